The first-order chi connectivity index (χ1) is 22.0. The number of aliphatic hydroxyl groups is 3. The second kappa shape index (κ2) is 26.4. The van der Waals surface area contributed by atoms with E-state index in [-0.39, 0.29) is 58.6 Å². The maximum Gasteiger partial charge on any atom is 0.495 e. The maximum absolute atomic E-state index is 10.8. The van der Waals surface area contributed by atoms with E-state index in [2.05, 4.69) is 20.0 Å². The molecule has 47 heavy (non-hydrogen) atoms. The van der Waals surface area contributed by atoms with Crippen LogP contribution in [0, 0.1) is 0 Å². The van der Waals surface area contributed by atoms with Gasteiger partial charge in [-0.25, -0.2) is 0 Å². The standard InChI is InChI=1S/C28H65N5O12SSi/c1-28(2,3)45-24-27(36)21-33(20-26(35)23-44-16-6-18-47(40,41)42-4)14-11-31-10-13-32(12-9-30-8-7-29)19-25(34)22-43-15-5-17-46(37,38)39/h25-27,30-31,34-36,40-41H,5-24,29H2,1-4H3,(H,37,38,39). The summed E-state index contributed by atoms with van der Waals surface area (Å²) in [6.07, 6.45) is -1.86. The summed E-state index contributed by atoms with van der Waals surface area (Å²) in [6, 6.07) is 0.103. The van der Waals surface area contributed by atoms with Gasteiger partial charge in [-0.2, -0.15) is 8.42 Å². The molecule has 0 amide bonds. The van der Waals surface area contributed by atoms with Gasteiger partial charge in [-0.15, -0.1) is 0 Å². The van der Waals surface area contributed by atoms with Crippen LogP contribution in [0.25, 0.3) is 0 Å². The highest BCUT2D eigenvalue weighted by Crippen LogP contribution is 2.09. The zero-order chi connectivity index (χ0) is 35.8. The fourth-order valence-corrected chi connectivity index (χ4v) is 5.59. The van der Waals surface area contributed by atoms with Gasteiger partial charge in [-0.3, -0.25) is 14.4 Å². The summed E-state index contributed by atoms with van der Waals surface area (Å²) in [5, 5.41) is 38.3. The lowest BCUT2D eigenvalue weighted by Crippen LogP contribution is -2.46. The van der Waals surface area contributed by atoms with Crippen molar-refractivity contribution in [1.82, 2.24) is 20.4 Å². The van der Waals surface area contributed by atoms with E-state index in [1.54, 1.807) is 0 Å². The number of nitrogens with zero attached hydrogens (tertiary/aromatic N) is 2. The Morgan fingerprint density at radius 2 is 1.26 bits per heavy atom. The molecule has 0 fully saturated rings. The lowest BCUT2D eigenvalue weighted by molar-refractivity contribution is -0.0601. The van der Waals surface area contributed by atoms with Gasteiger partial charge in [0.2, 0.25) is 0 Å². The summed E-state index contributed by atoms with van der Waals surface area (Å²) >= 11 is 0. The van der Waals surface area contributed by atoms with Crippen LogP contribution < -0.4 is 16.4 Å². The second-order valence-electron chi connectivity index (χ2n) is 12.6. The summed E-state index contributed by atoms with van der Waals surface area (Å²) in [6.45, 7) is 12.0. The molecule has 17 nitrogen and oxygen atoms in total. The van der Waals surface area contributed by atoms with E-state index < -0.39 is 48.6 Å². The van der Waals surface area contributed by atoms with Crippen molar-refractivity contribution >= 4 is 18.9 Å². The van der Waals surface area contributed by atoms with Crippen molar-refractivity contribution in [2.45, 2.75) is 63.6 Å². The molecule has 0 aromatic rings. The fraction of sp³-hybridized carbons (Fsp3) is 1.00. The van der Waals surface area contributed by atoms with Crippen LogP contribution in [0.15, 0.2) is 0 Å². The second-order valence-corrected chi connectivity index (χ2v) is 16.5. The molecule has 0 aromatic carbocycles. The lowest BCUT2D eigenvalue weighted by atomic mass is 10.2. The molecule has 0 heterocycles. The molecule has 0 radical (unpaired) electrons. The molecule has 10 N–H and O–H groups in total. The minimum absolute atomic E-state index is 0.0341. The monoisotopic (exact) mass is 723 g/mol. The third-order valence-corrected chi connectivity index (χ3v) is 9.14. The third-order valence-electron chi connectivity index (χ3n) is 6.68. The van der Waals surface area contributed by atoms with Gasteiger partial charge in [0.05, 0.1) is 49.5 Å². The van der Waals surface area contributed by atoms with Crippen molar-refractivity contribution in [1.29, 1.82) is 0 Å². The van der Waals surface area contributed by atoms with Gasteiger partial charge in [0.1, 0.15) is 0 Å². The first-order valence-corrected chi connectivity index (χ1v) is 19.9. The first-order valence-electron chi connectivity index (χ1n) is 16.3. The van der Waals surface area contributed by atoms with E-state index in [0.717, 1.165) is 0 Å². The highest BCUT2D eigenvalue weighted by Gasteiger charge is 2.29. The van der Waals surface area contributed by atoms with Crippen molar-refractivity contribution in [2.24, 2.45) is 5.73 Å². The lowest BCUT2D eigenvalue weighted by Gasteiger charge is -2.29. The Kier molecular flexibility index (Phi) is 26.1. The van der Waals surface area contributed by atoms with Gasteiger partial charge < -0.3 is 59.9 Å². The molecule has 3 atom stereocenters. The summed E-state index contributed by atoms with van der Waals surface area (Å²) in [4.78, 5) is 23.2. The third kappa shape index (κ3) is 31.3. The summed E-state index contributed by atoms with van der Waals surface area (Å²) in [5.41, 5.74) is 5.16. The zero-order valence-electron chi connectivity index (χ0n) is 28.9. The van der Waals surface area contributed by atoms with Gasteiger partial charge in [0.15, 0.2) is 0 Å². The normalized spacial score (nSPS) is 15.1. The fourth-order valence-electron chi connectivity index (χ4n) is 4.30. The molecule has 0 aliphatic heterocycles. The first kappa shape index (κ1) is 46.6. The zero-order valence-corrected chi connectivity index (χ0v) is 30.7. The van der Waals surface area contributed by atoms with Crippen molar-refractivity contribution in [3.8, 4) is 0 Å². The molecule has 0 bridgehead atoms. The summed E-state index contributed by atoms with van der Waals surface area (Å²) in [7, 11) is -6.42. The molecular weight excluding hydrogens is 658 g/mol. The molecule has 284 valence electrons. The van der Waals surface area contributed by atoms with Gasteiger partial charge in [0.25, 0.3) is 10.1 Å². The van der Waals surface area contributed by atoms with Crippen molar-refractivity contribution in [2.75, 3.05) is 118 Å². The Balaban J connectivity index is 4.83. The predicted octanol–water partition coefficient (Wildman–Crippen LogP) is -3.10. The average Bonchev–Trinajstić information content (AvgIpc) is 2.96. The topological polar surface area (TPSA) is 249 Å². The van der Waals surface area contributed by atoms with E-state index in [9.17, 15) is 33.3 Å². The Morgan fingerprint density at radius 3 is 1.74 bits per heavy atom. The van der Waals surface area contributed by atoms with E-state index in [1.807, 2.05) is 25.7 Å². The smallest absolute Gasteiger partial charge is 0.390 e. The van der Waals surface area contributed by atoms with Gasteiger partial charge >= 0.3 is 8.80 Å². The Bertz CT molecular complexity index is 860. The van der Waals surface area contributed by atoms with E-state index in [1.165, 1.54) is 7.11 Å². The van der Waals surface area contributed by atoms with Crippen LogP contribution in [0.4, 0.5) is 0 Å². The van der Waals surface area contributed by atoms with Crippen molar-refractivity contribution in [3.63, 3.8) is 0 Å². The number of nitrogens with one attached hydrogen (secondary N) is 2. The van der Waals surface area contributed by atoms with Gasteiger partial charge in [0, 0.05) is 98.4 Å². The number of rotatable bonds is 32. The van der Waals surface area contributed by atoms with Crippen LogP contribution in [0.2, 0.25) is 6.04 Å². The minimum atomic E-state index is -4.04. The number of hydrogen-bond acceptors (Lipinski definition) is 16. The van der Waals surface area contributed by atoms with E-state index in [0.29, 0.717) is 65.3 Å². The predicted molar refractivity (Wildman–Crippen MR) is 181 cm³/mol. The average molecular weight is 724 g/mol. The number of hydrogen-bond donors (Lipinski definition) is 9. The van der Waals surface area contributed by atoms with Crippen LogP contribution in [-0.4, -0.2) is 198 Å². The molecule has 0 saturated carbocycles. The SMILES string of the molecule is CO[Si](O)(O)CCCOCC(O)CN(CCNCCN(CCNCCN)CC(O)COCCCS(=O)(=O)O)CC(O)COC(C)(C)C. The maximum atomic E-state index is 10.8. The molecule has 0 aliphatic carbocycles. The van der Waals surface area contributed by atoms with Crippen LogP contribution in [0.1, 0.15) is 33.6 Å². The highest BCUT2D eigenvalue weighted by atomic mass is 32.2. The Morgan fingerprint density at radius 1 is 0.787 bits per heavy atom. The molecule has 0 spiro atoms. The van der Waals surface area contributed by atoms with Gasteiger partial charge in [-0.05, 0) is 33.6 Å². The van der Waals surface area contributed by atoms with E-state index in [4.69, 9.17) is 24.5 Å². The molecule has 0 aliphatic rings. The number of nitrogens with two attached hydrogens (primary N) is 1. The van der Waals surface area contributed by atoms with Gasteiger partial charge in [-0.1, -0.05) is 0 Å². The van der Waals surface area contributed by atoms with Crippen molar-refractivity contribution in [3.05, 3.63) is 0 Å². The molecule has 19 heteroatoms. The number of ether oxygens (including phenoxy) is 3. The molecule has 0 saturated heterocycles. The largest absolute Gasteiger partial charge is 0.495 e. The molecular formula is C28H65N5O12SSi. The van der Waals surface area contributed by atoms with Crippen LogP contribution in [0.3, 0.4) is 0 Å². The Hall–Kier alpha value is -0.433. The van der Waals surface area contributed by atoms with Crippen LogP contribution >= 0.6 is 0 Å². The number of aliphatic hydroxyl groups excluding tert-OH is 3. The van der Waals surface area contributed by atoms with Crippen molar-refractivity contribution < 1.29 is 56.5 Å². The molecule has 0 aromatic heterocycles. The van der Waals surface area contributed by atoms with Crippen LogP contribution in [0.5, 0.6) is 0 Å². The highest BCUT2D eigenvalue weighted by molar-refractivity contribution is 7.85. The molecule has 0 rings (SSSR count). The quantitative estimate of drug-likeness (QED) is 0.0189. The van der Waals surface area contributed by atoms with E-state index >= 15 is 0 Å². The summed E-state index contributed by atoms with van der Waals surface area (Å²) in [5.74, 6) is -0.393. The Labute approximate surface area is 282 Å². The summed E-state index contributed by atoms with van der Waals surface area (Å²) < 4.78 is 51.7. The van der Waals surface area contributed by atoms with Crippen LogP contribution in [-0.2, 0) is 28.8 Å². The minimum Gasteiger partial charge on any atom is -0.390 e. The molecule has 3 unspecified atom stereocenters.